The minimum atomic E-state index is 0.351. The molecule has 1 aromatic heterocycles. The van der Waals surface area contributed by atoms with E-state index in [1.54, 1.807) is 0 Å². The Morgan fingerprint density at radius 1 is 1.00 bits per heavy atom. The first kappa shape index (κ1) is 19.6. The minimum absolute atomic E-state index is 0.351. The Morgan fingerprint density at radius 3 is 2.36 bits per heavy atom. The molecule has 2 aliphatic heterocycles. The summed E-state index contributed by atoms with van der Waals surface area (Å²) in [5.74, 6) is 2.17. The van der Waals surface area contributed by atoms with Gasteiger partial charge in [-0.3, -0.25) is 9.80 Å². The largest absolute Gasteiger partial charge is 0.373 e. The van der Waals surface area contributed by atoms with E-state index >= 15 is 0 Å². The number of morpholine rings is 1. The van der Waals surface area contributed by atoms with E-state index in [-0.39, 0.29) is 0 Å². The third-order valence-corrected chi connectivity index (χ3v) is 5.86. The van der Waals surface area contributed by atoms with Gasteiger partial charge in [-0.05, 0) is 52.6 Å². The molecule has 0 spiro atoms. The van der Waals surface area contributed by atoms with Gasteiger partial charge >= 0.3 is 0 Å². The van der Waals surface area contributed by atoms with Crippen LogP contribution in [0.15, 0.2) is 28.8 Å². The zero-order valence-corrected chi connectivity index (χ0v) is 17.3. The number of ether oxygens (including phenoxy) is 1. The van der Waals surface area contributed by atoms with Crippen molar-refractivity contribution in [2.75, 3.05) is 32.7 Å². The molecule has 0 aliphatic carbocycles. The van der Waals surface area contributed by atoms with Gasteiger partial charge in [-0.15, -0.1) is 0 Å². The van der Waals surface area contributed by atoms with Gasteiger partial charge in [-0.2, -0.15) is 4.98 Å². The molecule has 0 saturated carbocycles. The molecular weight excluding hydrogens is 352 g/mol. The van der Waals surface area contributed by atoms with Gasteiger partial charge in [0.2, 0.25) is 11.7 Å². The maximum atomic E-state index is 5.86. The summed E-state index contributed by atoms with van der Waals surface area (Å²) in [6.45, 7) is 12.7. The molecule has 1 aromatic carbocycles. The van der Waals surface area contributed by atoms with E-state index in [1.807, 2.05) is 12.1 Å². The highest BCUT2D eigenvalue weighted by atomic mass is 16.5. The minimum Gasteiger partial charge on any atom is -0.373 e. The number of hydrogen-bond acceptors (Lipinski definition) is 6. The van der Waals surface area contributed by atoms with Crippen molar-refractivity contribution >= 4 is 0 Å². The molecule has 152 valence electrons. The lowest BCUT2D eigenvalue weighted by Gasteiger charge is -2.39. The molecule has 0 amide bonds. The molecule has 6 nitrogen and oxygen atoms in total. The zero-order chi connectivity index (χ0) is 19.5. The van der Waals surface area contributed by atoms with E-state index in [1.165, 1.54) is 24.9 Å². The monoisotopic (exact) mass is 384 g/mol. The number of benzene rings is 1. The first-order valence-corrected chi connectivity index (χ1v) is 10.5. The van der Waals surface area contributed by atoms with E-state index in [0.29, 0.717) is 23.9 Å². The smallest absolute Gasteiger partial charge is 0.241 e. The van der Waals surface area contributed by atoms with Crippen LogP contribution in [0.5, 0.6) is 0 Å². The highest BCUT2D eigenvalue weighted by Gasteiger charge is 2.27. The fourth-order valence-corrected chi connectivity index (χ4v) is 4.46. The molecular formula is C22H32N4O2. The SMILES string of the molecule is Cc1ccc(-c2noc(CN3CCC(CN4CC(C)OC(C)C4)CC3)n2)cc1. The molecule has 6 heteroatoms. The number of likely N-dealkylation sites (tertiary alicyclic amines) is 1. The van der Waals surface area contributed by atoms with Gasteiger partial charge in [0.05, 0.1) is 18.8 Å². The van der Waals surface area contributed by atoms with Gasteiger partial charge in [0, 0.05) is 25.2 Å². The molecule has 2 aliphatic rings. The highest BCUT2D eigenvalue weighted by Crippen LogP contribution is 2.23. The van der Waals surface area contributed by atoms with Crippen LogP contribution < -0.4 is 0 Å². The Bertz CT molecular complexity index is 742. The average Bonchev–Trinajstić information content (AvgIpc) is 3.12. The topological polar surface area (TPSA) is 54.6 Å². The molecule has 0 bridgehead atoms. The number of nitrogens with zero attached hydrogens (tertiary/aromatic N) is 4. The summed E-state index contributed by atoms with van der Waals surface area (Å²) in [4.78, 5) is 9.62. The van der Waals surface area contributed by atoms with Crippen LogP contribution in [0.2, 0.25) is 0 Å². The number of hydrogen-bond donors (Lipinski definition) is 0. The molecule has 0 N–H and O–H groups in total. The Labute approximate surface area is 167 Å². The third-order valence-electron chi connectivity index (χ3n) is 5.86. The second-order valence-corrected chi connectivity index (χ2v) is 8.57. The van der Waals surface area contributed by atoms with Crippen molar-refractivity contribution in [3.05, 3.63) is 35.7 Å². The second-order valence-electron chi connectivity index (χ2n) is 8.57. The van der Waals surface area contributed by atoms with Crippen molar-refractivity contribution in [3.63, 3.8) is 0 Å². The quantitative estimate of drug-likeness (QED) is 0.788. The maximum absolute atomic E-state index is 5.86. The van der Waals surface area contributed by atoms with Gasteiger partial charge in [-0.25, -0.2) is 0 Å². The molecule has 28 heavy (non-hydrogen) atoms. The normalized spacial score (nSPS) is 25.2. The molecule has 2 saturated heterocycles. The number of aryl methyl sites for hydroxylation is 1. The van der Waals surface area contributed by atoms with Crippen molar-refractivity contribution in [2.45, 2.75) is 52.4 Å². The Morgan fingerprint density at radius 2 is 1.68 bits per heavy atom. The summed E-state index contributed by atoms with van der Waals surface area (Å²) in [6, 6.07) is 8.24. The molecule has 4 rings (SSSR count). The highest BCUT2D eigenvalue weighted by molar-refractivity contribution is 5.54. The van der Waals surface area contributed by atoms with Crippen molar-refractivity contribution < 1.29 is 9.26 Å². The summed E-state index contributed by atoms with van der Waals surface area (Å²) in [5, 5.41) is 4.16. The zero-order valence-electron chi connectivity index (χ0n) is 17.3. The van der Waals surface area contributed by atoms with Gasteiger partial charge < -0.3 is 9.26 Å². The lowest BCUT2D eigenvalue weighted by atomic mass is 9.95. The summed E-state index contributed by atoms with van der Waals surface area (Å²) in [7, 11) is 0. The molecule has 2 unspecified atom stereocenters. The second kappa shape index (κ2) is 8.72. The lowest BCUT2D eigenvalue weighted by Crippen LogP contribution is -2.48. The van der Waals surface area contributed by atoms with Crippen molar-refractivity contribution in [2.24, 2.45) is 5.92 Å². The van der Waals surface area contributed by atoms with E-state index in [4.69, 9.17) is 9.26 Å². The van der Waals surface area contributed by atoms with Crippen molar-refractivity contribution in [1.82, 2.24) is 19.9 Å². The first-order chi connectivity index (χ1) is 13.5. The van der Waals surface area contributed by atoms with E-state index in [2.05, 4.69) is 52.8 Å². The van der Waals surface area contributed by atoms with Crippen molar-refractivity contribution in [3.8, 4) is 11.4 Å². The third kappa shape index (κ3) is 4.99. The summed E-state index contributed by atoms with van der Waals surface area (Å²) in [6.07, 6.45) is 3.17. The molecule has 2 fully saturated rings. The summed E-state index contributed by atoms with van der Waals surface area (Å²) in [5.41, 5.74) is 2.24. The van der Waals surface area contributed by atoms with Crippen LogP contribution in [0.25, 0.3) is 11.4 Å². The standard InChI is InChI=1S/C22H32N4O2/c1-16-4-6-20(7-5-16)22-23-21(28-24-22)15-25-10-8-19(9-11-25)14-26-12-17(2)27-18(3)13-26/h4-7,17-19H,8-15H2,1-3H3. The van der Waals surface area contributed by atoms with Crippen LogP contribution in [-0.2, 0) is 11.3 Å². The van der Waals surface area contributed by atoms with Crippen LogP contribution in [0.1, 0.15) is 38.1 Å². The van der Waals surface area contributed by atoms with Crippen LogP contribution in [-0.4, -0.2) is 64.9 Å². The van der Waals surface area contributed by atoms with Crippen molar-refractivity contribution in [1.29, 1.82) is 0 Å². The van der Waals surface area contributed by atoms with Gasteiger partial charge in [0.25, 0.3) is 0 Å². The van der Waals surface area contributed by atoms with Crippen LogP contribution in [0, 0.1) is 12.8 Å². The Hall–Kier alpha value is -1.76. The number of aromatic nitrogens is 2. The molecule has 0 radical (unpaired) electrons. The molecule has 3 heterocycles. The fraction of sp³-hybridized carbons (Fsp3) is 0.636. The molecule has 2 aromatic rings. The number of piperidine rings is 1. The van der Waals surface area contributed by atoms with Gasteiger partial charge in [0.15, 0.2) is 0 Å². The lowest BCUT2D eigenvalue weighted by molar-refractivity contribution is -0.0732. The maximum Gasteiger partial charge on any atom is 0.241 e. The van der Waals surface area contributed by atoms with E-state index in [9.17, 15) is 0 Å². The summed E-state index contributed by atoms with van der Waals surface area (Å²) >= 11 is 0. The predicted molar refractivity (Wildman–Crippen MR) is 109 cm³/mol. The van der Waals surface area contributed by atoms with Crippen LogP contribution in [0.4, 0.5) is 0 Å². The van der Waals surface area contributed by atoms with Crippen LogP contribution in [0.3, 0.4) is 0 Å². The van der Waals surface area contributed by atoms with Gasteiger partial charge in [0.1, 0.15) is 0 Å². The average molecular weight is 385 g/mol. The van der Waals surface area contributed by atoms with E-state index in [0.717, 1.165) is 44.2 Å². The van der Waals surface area contributed by atoms with Crippen LogP contribution >= 0.6 is 0 Å². The predicted octanol–water partition coefficient (Wildman–Crippen LogP) is 3.37. The Kier molecular flexibility index (Phi) is 6.09. The first-order valence-electron chi connectivity index (χ1n) is 10.5. The molecule has 2 atom stereocenters. The fourth-order valence-electron chi connectivity index (χ4n) is 4.46. The Balaban J connectivity index is 1.25. The summed E-state index contributed by atoms with van der Waals surface area (Å²) < 4.78 is 11.4. The number of rotatable bonds is 5. The van der Waals surface area contributed by atoms with Gasteiger partial charge in [-0.1, -0.05) is 35.0 Å². The van der Waals surface area contributed by atoms with E-state index < -0.39 is 0 Å².